The average Bonchev–Trinajstić information content (AvgIpc) is 2.76. The lowest BCUT2D eigenvalue weighted by molar-refractivity contribution is -0.385. The van der Waals surface area contributed by atoms with Gasteiger partial charge in [0.1, 0.15) is 10.6 Å². The maximum Gasteiger partial charge on any atom is 0.274 e. The first-order chi connectivity index (χ1) is 15.1. The summed E-state index contributed by atoms with van der Waals surface area (Å²) in [5.41, 5.74) is 0.573. The minimum Gasteiger partial charge on any atom is -0.492 e. The molecule has 0 bridgehead atoms. The third-order valence-corrected chi connectivity index (χ3v) is 7.46. The molecule has 0 aromatic heterocycles. The van der Waals surface area contributed by atoms with Gasteiger partial charge >= 0.3 is 0 Å². The van der Waals surface area contributed by atoms with Crippen molar-refractivity contribution in [2.24, 2.45) is 5.92 Å². The number of nitrogens with one attached hydrogen (secondary N) is 1. The highest BCUT2D eigenvalue weighted by Crippen LogP contribution is 2.33. The Bertz CT molecular complexity index is 1140. The Morgan fingerprint density at radius 3 is 2.78 bits per heavy atom. The zero-order chi connectivity index (χ0) is 23.5. The molecule has 0 saturated carbocycles. The molecule has 0 radical (unpaired) electrons. The van der Waals surface area contributed by atoms with Gasteiger partial charge in [0, 0.05) is 24.2 Å². The number of nitro groups is 1. The standard InChI is InChI=1S/C21H24ClN3O6S/c1-3-31-19-10-9-16(22)12-20(19)32(29,30)24-11-5-6-15(13-24)21(26)23-17-7-4-8-18(14(17)2)25(27)28/h4,7-10,12,15H,3,5-6,11,13H2,1-2H3,(H,23,26)/t15-/m1/s1. The summed E-state index contributed by atoms with van der Waals surface area (Å²) in [6, 6.07) is 8.85. The number of anilines is 1. The number of nitro benzene ring substituents is 1. The number of hydrogen-bond acceptors (Lipinski definition) is 6. The van der Waals surface area contributed by atoms with Crippen molar-refractivity contribution in [1.82, 2.24) is 4.31 Å². The fourth-order valence-corrected chi connectivity index (χ4v) is 5.58. The number of carbonyl (C=O) groups is 1. The number of benzene rings is 2. The minimum atomic E-state index is -3.95. The number of rotatable bonds is 7. The predicted octanol–water partition coefficient (Wildman–Crippen LogP) is 3.99. The van der Waals surface area contributed by atoms with E-state index in [1.54, 1.807) is 26.0 Å². The molecule has 11 heteroatoms. The zero-order valence-electron chi connectivity index (χ0n) is 17.7. The van der Waals surface area contributed by atoms with Gasteiger partial charge in [-0.2, -0.15) is 4.31 Å². The molecule has 32 heavy (non-hydrogen) atoms. The second kappa shape index (κ2) is 9.85. The van der Waals surface area contributed by atoms with Crippen LogP contribution in [-0.4, -0.2) is 43.2 Å². The van der Waals surface area contributed by atoms with Gasteiger partial charge in [-0.05, 0) is 51.0 Å². The van der Waals surface area contributed by atoms with E-state index in [0.29, 0.717) is 24.1 Å². The molecular weight excluding hydrogens is 458 g/mol. The molecular formula is C21H24ClN3O6S. The topological polar surface area (TPSA) is 119 Å². The zero-order valence-corrected chi connectivity index (χ0v) is 19.3. The van der Waals surface area contributed by atoms with Crippen molar-refractivity contribution in [2.75, 3.05) is 25.0 Å². The third kappa shape index (κ3) is 5.03. The Morgan fingerprint density at radius 1 is 1.34 bits per heavy atom. The first-order valence-corrected chi connectivity index (χ1v) is 11.9. The van der Waals surface area contributed by atoms with E-state index in [0.717, 1.165) is 0 Å². The van der Waals surface area contributed by atoms with E-state index in [9.17, 15) is 23.3 Å². The van der Waals surface area contributed by atoms with Gasteiger partial charge in [0.15, 0.2) is 0 Å². The fourth-order valence-electron chi connectivity index (χ4n) is 3.66. The molecule has 0 spiro atoms. The summed E-state index contributed by atoms with van der Waals surface area (Å²) >= 11 is 6.03. The summed E-state index contributed by atoms with van der Waals surface area (Å²) < 4.78 is 33.4. The predicted molar refractivity (Wildman–Crippen MR) is 121 cm³/mol. The van der Waals surface area contributed by atoms with Crippen molar-refractivity contribution in [3.05, 3.63) is 57.1 Å². The number of amides is 1. The summed E-state index contributed by atoms with van der Waals surface area (Å²) in [6.07, 6.45) is 0.995. The molecule has 2 aromatic carbocycles. The van der Waals surface area contributed by atoms with Gasteiger partial charge in [-0.1, -0.05) is 17.7 Å². The summed E-state index contributed by atoms with van der Waals surface area (Å²) in [5.74, 6) is -0.785. The molecule has 1 fully saturated rings. The van der Waals surface area contributed by atoms with Crippen molar-refractivity contribution in [3.8, 4) is 5.75 Å². The molecule has 1 heterocycles. The quantitative estimate of drug-likeness (QED) is 0.471. The summed E-state index contributed by atoms with van der Waals surface area (Å²) in [6.45, 7) is 3.85. The molecule has 1 N–H and O–H groups in total. The van der Waals surface area contributed by atoms with E-state index in [1.807, 2.05) is 0 Å². The van der Waals surface area contributed by atoms with E-state index in [2.05, 4.69) is 5.32 Å². The van der Waals surface area contributed by atoms with Crippen LogP contribution in [0.25, 0.3) is 0 Å². The van der Waals surface area contributed by atoms with Crippen molar-refractivity contribution < 1.29 is 22.9 Å². The first kappa shape index (κ1) is 24.0. The van der Waals surface area contributed by atoms with Gasteiger partial charge in [-0.25, -0.2) is 8.42 Å². The Kier molecular flexibility index (Phi) is 7.37. The molecule has 9 nitrogen and oxygen atoms in total. The maximum atomic E-state index is 13.3. The van der Waals surface area contributed by atoms with E-state index in [4.69, 9.17) is 16.3 Å². The monoisotopic (exact) mass is 481 g/mol. The number of nitrogens with zero attached hydrogens (tertiary/aromatic N) is 2. The van der Waals surface area contributed by atoms with Crippen molar-refractivity contribution in [1.29, 1.82) is 0 Å². The normalized spacial score (nSPS) is 17.0. The largest absolute Gasteiger partial charge is 0.492 e. The van der Waals surface area contributed by atoms with Gasteiger partial charge in [-0.3, -0.25) is 14.9 Å². The molecule has 172 valence electrons. The number of sulfonamides is 1. The first-order valence-electron chi connectivity index (χ1n) is 10.1. The molecule has 1 atom stereocenters. The molecule has 0 aliphatic carbocycles. The van der Waals surface area contributed by atoms with Gasteiger partial charge in [0.05, 0.1) is 28.7 Å². The van der Waals surface area contributed by atoms with Crippen LogP contribution in [0.5, 0.6) is 5.75 Å². The third-order valence-electron chi connectivity index (χ3n) is 5.34. The Hall–Kier alpha value is -2.69. The number of carbonyl (C=O) groups excluding carboxylic acids is 1. The van der Waals surface area contributed by atoms with E-state index >= 15 is 0 Å². The van der Waals surface area contributed by atoms with E-state index in [-0.39, 0.29) is 47.0 Å². The van der Waals surface area contributed by atoms with Gasteiger partial charge in [0.2, 0.25) is 15.9 Å². The van der Waals surface area contributed by atoms with Crippen LogP contribution in [0.15, 0.2) is 41.3 Å². The minimum absolute atomic E-state index is 0.0137. The lowest BCUT2D eigenvalue weighted by Crippen LogP contribution is -2.43. The molecule has 1 amide bonds. The summed E-state index contributed by atoms with van der Waals surface area (Å²) in [7, 11) is -3.95. The Labute approximate surface area is 191 Å². The second-order valence-electron chi connectivity index (χ2n) is 7.42. The van der Waals surface area contributed by atoms with Crippen LogP contribution in [-0.2, 0) is 14.8 Å². The Morgan fingerprint density at radius 2 is 2.09 bits per heavy atom. The fraction of sp³-hybridized carbons (Fsp3) is 0.381. The molecule has 1 saturated heterocycles. The van der Waals surface area contributed by atoms with Gasteiger partial charge in [-0.15, -0.1) is 0 Å². The van der Waals surface area contributed by atoms with Crippen LogP contribution in [0.3, 0.4) is 0 Å². The van der Waals surface area contributed by atoms with Crippen LogP contribution in [0.1, 0.15) is 25.3 Å². The van der Waals surface area contributed by atoms with Crippen molar-refractivity contribution >= 4 is 38.9 Å². The highest BCUT2D eigenvalue weighted by Gasteiger charge is 2.35. The van der Waals surface area contributed by atoms with E-state index in [1.165, 1.54) is 28.6 Å². The molecule has 0 unspecified atom stereocenters. The summed E-state index contributed by atoms with van der Waals surface area (Å²) in [5, 5.41) is 14.1. The van der Waals surface area contributed by atoms with Crippen molar-refractivity contribution in [2.45, 2.75) is 31.6 Å². The number of piperidine rings is 1. The lowest BCUT2D eigenvalue weighted by atomic mass is 9.98. The maximum absolute atomic E-state index is 13.3. The highest BCUT2D eigenvalue weighted by atomic mass is 35.5. The highest BCUT2D eigenvalue weighted by molar-refractivity contribution is 7.89. The Balaban J connectivity index is 1.81. The molecule has 3 rings (SSSR count). The van der Waals surface area contributed by atoms with Crippen LogP contribution in [0, 0.1) is 23.0 Å². The molecule has 2 aromatic rings. The van der Waals surface area contributed by atoms with Gasteiger partial charge in [0.25, 0.3) is 5.69 Å². The van der Waals surface area contributed by atoms with Crippen LogP contribution in [0.4, 0.5) is 11.4 Å². The van der Waals surface area contributed by atoms with Gasteiger partial charge < -0.3 is 10.1 Å². The number of halogens is 1. The van der Waals surface area contributed by atoms with Crippen molar-refractivity contribution in [3.63, 3.8) is 0 Å². The SMILES string of the molecule is CCOc1ccc(Cl)cc1S(=O)(=O)N1CCC[C@@H](C(=O)Nc2cccc([N+](=O)[O-])c2C)C1. The average molecular weight is 482 g/mol. The van der Waals surface area contributed by atoms with E-state index < -0.39 is 20.9 Å². The number of hydrogen-bond donors (Lipinski definition) is 1. The molecule has 1 aliphatic heterocycles. The summed E-state index contributed by atoms with van der Waals surface area (Å²) in [4.78, 5) is 23.5. The smallest absolute Gasteiger partial charge is 0.274 e. The van der Waals surface area contributed by atoms with Crippen LogP contribution >= 0.6 is 11.6 Å². The van der Waals surface area contributed by atoms with Crippen LogP contribution in [0.2, 0.25) is 5.02 Å². The van der Waals surface area contributed by atoms with Crippen LogP contribution < -0.4 is 10.1 Å². The number of ether oxygens (including phenoxy) is 1. The second-order valence-corrected chi connectivity index (χ2v) is 9.77. The lowest BCUT2D eigenvalue weighted by Gasteiger charge is -2.31. The molecule has 1 aliphatic rings.